The van der Waals surface area contributed by atoms with Crippen molar-refractivity contribution in [3.05, 3.63) is 11.9 Å². The van der Waals surface area contributed by atoms with Gasteiger partial charge < -0.3 is 0 Å². The van der Waals surface area contributed by atoms with Crippen molar-refractivity contribution < 1.29 is 0 Å². The molecular weight excluding hydrogens is 179 g/mol. The maximum absolute atomic E-state index is 4.48. The van der Waals surface area contributed by atoms with Crippen LogP contribution < -0.4 is 5.30 Å². The second-order valence-electron chi connectivity index (χ2n) is 3.86. The highest BCUT2D eigenvalue weighted by atomic mass is 31.1. The molecule has 2 nitrogen and oxygen atoms in total. The van der Waals surface area contributed by atoms with E-state index in [1.165, 1.54) is 18.0 Å². The molecule has 0 saturated carbocycles. The van der Waals surface area contributed by atoms with Gasteiger partial charge >= 0.3 is 0 Å². The van der Waals surface area contributed by atoms with Crippen LogP contribution in [0.2, 0.25) is 0 Å². The van der Waals surface area contributed by atoms with Gasteiger partial charge in [-0.05, 0) is 32.6 Å². The lowest BCUT2D eigenvalue weighted by Crippen LogP contribution is -2.10. The van der Waals surface area contributed by atoms with E-state index in [4.69, 9.17) is 0 Å². The van der Waals surface area contributed by atoms with Crippen LogP contribution in [0.3, 0.4) is 0 Å². The van der Waals surface area contributed by atoms with Gasteiger partial charge in [0.1, 0.15) is 0 Å². The van der Waals surface area contributed by atoms with E-state index in [0.717, 1.165) is 6.42 Å². The van der Waals surface area contributed by atoms with Crippen LogP contribution in [0, 0.1) is 0 Å². The average molecular weight is 196 g/mol. The highest BCUT2D eigenvalue weighted by molar-refractivity contribution is 7.72. The molecule has 0 aromatic carbocycles. The Hall–Kier alpha value is -0.360. The quantitative estimate of drug-likeness (QED) is 0.677. The van der Waals surface area contributed by atoms with Gasteiger partial charge in [-0.25, -0.2) is 0 Å². The number of hydrogen-bond donors (Lipinski definition) is 0. The lowest BCUT2D eigenvalue weighted by atomic mass is 10.3. The summed E-state index contributed by atoms with van der Waals surface area (Å²) in [5, 5.41) is 6.06. The molecule has 0 radical (unpaired) electrons. The number of rotatable bonds is 3. The summed E-state index contributed by atoms with van der Waals surface area (Å²) >= 11 is 0. The highest BCUT2D eigenvalue weighted by Crippen LogP contribution is 2.49. The Bertz CT molecular complexity index is 280. The monoisotopic (exact) mass is 196 g/mol. The molecule has 13 heavy (non-hydrogen) atoms. The van der Waals surface area contributed by atoms with Crippen molar-refractivity contribution in [3.8, 4) is 0 Å². The van der Waals surface area contributed by atoms with Gasteiger partial charge in [0, 0.05) is 17.0 Å². The van der Waals surface area contributed by atoms with E-state index in [1.807, 2.05) is 0 Å². The molecule has 0 bridgehead atoms. The number of nitrogens with zero attached hydrogens (tertiary/aromatic N) is 2. The van der Waals surface area contributed by atoms with Gasteiger partial charge in [0.05, 0.1) is 6.20 Å². The molecule has 0 N–H and O–H groups in total. The number of hydrogen-bond acceptors (Lipinski definition) is 1. The van der Waals surface area contributed by atoms with Crippen LogP contribution in [0.25, 0.3) is 0 Å². The molecule has 0 amide bonds. The third-order valence-electron chi connectivity index (χ3n) is 2.49. The Morgan fingerprint density at radius 1 is 1.54 bits per heavy atom. The predicted molar refractivity (Wildman–Crippen MR) is 58.3 cm³/mol. The second kappa shape index (κ2) is 3.42. The summed E-state index contributed by atoms with van der Waals surface area (Å²) in [6.07, 6.45) is 6.11. The van der Waals surface area contributed by atoms with Crippen LogP contribution >= 0.6 is 7.92 Å². The first-order chi connectivity index (χ1) is 6.24. The summed E-state index contributed by atoms with van der Waals surface area (Å²) in [6, 6.07) is 0.513. The van der Waals surface area contributed by atoms with Crippen molar-refractivity contribution >= 4 is 13.2 Å². The Labute approximate surface area is 81.1 Å². The van der Waals surface area contributed by atoms with E-state index in [2.05, 4.69) is 36.7 Å². The molecule has 0 spiro atoms. The lowest BCUT2D eigenvalue weighted by Gasteiger charge is -2.10. The third-order valence-corrected chi connectivity index (χ3v) is 4.44. The van der Waals surface area contributed by atoms with Crippen molar-refractivity contribution in [2.45, 2.75) is 33.2 Å². The van der Waals surface area contributed by atoms with E-state index >= 15 is 0 Å². The smallest absolute Gasteiger partial charge is 0.0569 e. The van der Waals surface area contributed by atoms with E-state index in [0.29, 0.717) is 6.04 Å². The van der Waals surface area contributed by atoms with Gasteiger partial charge in [-0.3, -0.25) is 4.68 Å². The zero-order chi connectivity index (χ0) is 9.42. The van der Waals surface area contributed by atoms with Crippen molar-refractivity contribution in [1.82, 2.24) is 9.78 Å². The zero-order valence-corrected chi connectivity index (χ0v) is 9.51. The fourth-order valence-electron chi connectivity index (χ4n) is 1.72. The van der Waals surface area contributed by atoms with Crippen LogP contribution in [-0.4, -0.2) is 22.1 Å². The minimum atomic E-state index is 0.241. The lowest BCUT2D eigenvalue weighted by molar-refractivity contribution is 0.512. The van der Waals surface area contributed by atoms with E-state index in [-0.39, 0.29) is 7.92 Å². The third kappa shape index (κ3) is 1.65. The van der Waals surface area contributed by atoms with Gasteiger partial charge in [0.2, 0.25) is 0 Å². The molecule has 1 saturated heterocycles. The van der Waals surface area contributed by atoms with Gasteiger partial charge in [0.25, 0.3) is 0 Å². The van der Waals surface area contributed by atoms with Crippen molar-refractivity contribution in [2.24, 2.45) is 0 Å². The molecule has 3 heteroatoms. The topological polar surface area (TPSA) is 17.8 Å². The van der Waals surface area contributed by atoms with Crippen LogP contribution in [0.4, 0.5) is 0 Å². The zero-order valence-electron chi connectivity index (χ0n) is 8.62. The first kappa shape index (κ1) is 9.21. The van der Waals surface area contributed by atoms with E-state index < -0.39 is 0 Å². The molecule has 1 aliphatic heterocycles. The summed E-state index contributed by atoms with van der Waals surface area (Å²) in [7, 11) is 0.241. The van der Waals surface area contributed by atoms with Crippen LogP contribution in [0.1, 0.15) is 32.5 Å². The molecule has 2 heterocycles. The SMILES string of the molecule is CCc1c(P2CC2)cnn1C(C)C. The first-order valence-electron chi connectivity index (χ1n) is 5.05. The highest BCUT2D eigenvalue weighted by Gasteiger charge is 2.27. The molecular formula is C10H17N2P. The Morgan fingerprint density at radius 3 is 2.69 bits per heavy atom. The van der Waals surface area contributed by atoms with Crippen LogP contribution in [0.15, 0.2) is 6.20 Å². The fourth-order valence-corrected chi connectivity index (χ4v) is 3.44. The van der Waals surface area contributed by atoms with Crippen LogP contribution in [-0.2, 0) is 6.42 Å². The molecule has 1 aromatic rings. The molecule has 72 valence electrons. The van der Waals surface area contributed by atoms with Gasteiger partial charge in [-0.2, -0.15) is 5.10 Å². The molecule has 1 fully saturated rings. The summed E-state index contributed by atoms with van der Waals surface area (Å²) < 4.78 is 2.19. The summed E-state index contributed by atoms with van der Waals surface area (Å²) in [5.41, 5.74) is 1.48. The maximum Gasteiger partial charge on any atom is 0.0569 e. The van der Waals surface area contributed by atoms with Crippen molar-refractivity contribution in [2.75, 3.05) is 12.3 Å². The average Bonchev–Trinajstić information content (AvgIpc) is 2.84. The molecule has 0 unspecified atom stereocenters. The summed E-state index contributed by atoms with van der Waals surface area (Å²) in [5.74, 6) is 0. The summed E-state index contributed by atoms with van der Waals surface area (Å²) in [6.45, 7) is 6.64. The van der Waals surface area contributed by atoms with E-state index in [9.17, 15) is 0 Å². The normalized spacial score (nSPS) is 16.9. The molecule has 1 aliphatic rings. The van der Waals surface area contributed by atoms with Crippen molar-refractivity contribution in [1.29, 1.82) is 0 Å². The van der Waals surface area contributed by atoms with Crippen LogP contribution in [0.5, 0.6) is 0 Å². The standard InChI is InChI=1S/C10H17N2P/c1-4-9-10(13-5-6-13)7-11-12(9)8(2)3/h7-8H,4-6H2,1-3H3. The van der Waals surface area contributed by atoms with E-state index in [1.54, 1.807) is 5.30 Å². The molecule has 0 aliphatic carbocycles. The Kier molecular flexibility index (Phi) is 2.42. The fraction of sp³-hybridized carbons (Fsp3) is 0.700. The molecule has 0 atom stereocenters. The first-order valence-corrected chi connectivity index (χ1v) is 6.76. The molecule has 2 rings (SSSR count). The minimum absolute atomic E-state index is 0.241. The minimum Gasteiger partial charge on any atom is -0.266 e. The van der Waals surface area contributed by atoms with Gasteiger partial charge in [-0.1, -0.05) is 14.8 Å². The number of aromatic nitrogens is 2. The largest absolute Gasteiger partial charge is 0.266 e. The second-order valence-corrected chi connectivity index (χ2v) is 6.31. The molecule has 1 aromatic heterocycles. The van der Waals surface area contributed by atoms with Gasteiger partial charge in [-0.15, -0.1) is 0 Å². The predicted octanol–water partition coefficient (Wildman–Crippen LogP) is 2.15. The van der Waals surface area contributed by atoms with Gasteiger partial charge in [0.15, 0.2) is 0 Å². The maximum atomic E-state index is 4.48. The summed E-state index contributed by atoms with van der Waals surface area (Å²) in [4.78, 5) is 0. The van der Waals surface area contributed by atoms with Crippen molar-refractivity contribution in [3.63, 3.8) is 0 Å². The Balaban J connectivity index is 2.35. The Morgan fingerprint density at radius 2 is 2.23 bits per heavy atom.